The molecule has 2 heterocycles. The first-order valence-corrected chi connectivity index (χ1v) is 9.83. The Kier molecular flexibility index (Phi) is 4.87. The van der Waals surface area contributed by atoms with E-state index < -0.39 is 0 Å². The molecule has 0 spiro atoms. The number of hydrogen-bond donors (Lipinski definition) is 0. The summed E-state index contributed by atoms with van der Waals surface area (Å²) < 4.78 is 5.82. The molecule has 0 radical (unpaired) electrons. The minimum atomic E-state index is -0.349. The highest BCUT2D eigenvalue weighted by molar-refractivity contribution is 8.19. The van der Waals surface area contributed by atoms with E-state index in [0.717, 1.165) is 28.5 Å². The summed E-state index contributed by atoms with van der Waals surface area (Å²) in [5.74, 6) is 0.740. The second kappa shape index (κ2) is 7.34. The predicted molar refractivity (Wildman–Crippen MR) is 114 cm³/mol. The molecule has 6 heteroatoms. The van der Waals surface area contributed by atoms with Gasteiger partial charge in [-0.2, -0.15) is 0 Å². The van der Waals surface area contributed by atoms with Gasteiger partial charge in [0.1, 0.15) is 11.5 Å². The lowest BCUT2D eigenvalue weighted by Gasteiger charge is -2.15. The molecular weight excluding hydrogens is 394 g/mol. The van der Waals surface area contributed by atoms with Crippen LogP contribution in [0.15, 0.2) is 63.9 Å². The maximum Gasteiger partial charge on any atom is 0.298 e. The molecule has 28 heavy (non-hydrogen) atoms. The summed E-state index contributed by atoms with van der Waals surface area (Å²) in [6, 6.07) is 16.5. The lowest BCUT2D eigenvalue weighted by atomic mass is 10.1. The highest BCUT2D eigenvalue weighted by atomic mass is 35.5. The molecule has 1 fully saturated rings. The summed E-state index contributed by atoms with van der Waals surface area (Å²) in [7, 11) is 0. The van der Waals surface area contributed by atoms with Crippen molar-refractivity contribution < 1.29 is 14.0 Å². The van der Waals surface area contributed by atoms with Gasteiger partial charge in [0.2, 0.25) is 0 Å². The van der Waals surface area contributed by atoms with Gasteiger partial charge < -0.3 is 4.42 Å². The molecule has 4 nitrogen and oxygen atoms in total. The SMILES string of the molecule is Cc1ccc(N2C(=O)S/C(=C/c3ccc(-c4ccccc4Cl)o3)C2=O)c(C)c1. The maximum absolute atomic E-state index is 12.8. The number of hydrogen-bond acceptors (Lipinski definition) is 4. The zero-order valence-corrected chi connectivity index (χ0v) is 16.8. The maximum atomic E-state index is 12.8. The number of carbonyl (C=O) groups is 2. The second-order valence-corrected chi connectivity index (χ2v) is 7.89. The van der Waals surface area contributed by atoms with Crippen molar-refractivity contribution >= 4 is 46.3 Å². The fourth-order valence-electron chi connectivity index (χ4n) is 3.10. The van der Waals surface area contributed by atoms with Crippen LogP contribution in [0.1, 0.15) is 16.9 Å². The molecule has 4 rings (SSSR count). The standard InChI is InChI=1S/C22H16ClNO3S/c1-13-7-9-18(14(2)11-13)24-21(25)20(28-22(24)26)12-15-8-10-19(27-15)16-5-3-4-6-17(16)23/h3-12H,1-2H3/b20-12+. The number of amides is 2. The number of halogens is 1. The molecule has 2 amide bonds. The molecule has 1 saturated heterocycles. The Balaban J connectivity index is 1.64. The molecule has 0 bridgehead atoms. The normalized spacial score (nSPS) is 15.7. The van der Waals surface area contributed by atoms with Crippen LogP contribution in [-0.4, -0.2) is 11.1 Å². The van der Waals surface area contributed by atoms with Crippen LogP contribution in [-0.2, 0) is 4.79 Å². The van der Waals surface area contributed by atoms with Gasteiger partial charge in [-0.1, -0.05) is 41.4 Å². The number of furan rings is 1. The molecule has 1 aromatic heterocycles. The number of carbonyl (C=O) groups excluding carboxylic acids is 2. The summed E-state index contributed by atoms with van der Waals surface area (Å²) in [6.07, 6.45) is 1.59. The number of anilines is 1. The summed E-state index contributed by atoms with van der Waals surface area (Å²) in [4.78, 5) is 26.9. The van der Waals surface area contributed by atoms with E-state index in [2.05, 4.69) is 0 Å². The largest absolute Gasteiger partial charge is 0.457 e. The highest BCUT2D eigenvalue weighted by Gasteiger charge is 2.37. The van der Waals surface area contributed by atoms with Gasteiger partial charge in [0.25, 0.3) is 11.1 Å². The molecule has 0 N–H and O–H groups in total. The molecule has 0 unspecified atom stereocenters. The van der Waals surface area contributed by atoms with Crippen LogP contribution in [0.4, 0.5) is 10.5 Å². The van der Waals surface area contributed by atoms with E-state index in [0.29, 0.717) is 27.1 Å². The Morgan fingerprint density at radius 3 is 2.57 bits per heavy atom. The molecular formula is C22H16ClNO3S. The number of imide groups is 1. The molecule has 0 atom stereocenters. The third-order valence-electron chi connectivity index (χ3n) is 4.43. The number of nitrogens with zero attached hydrogens (tertiary/aromatic N) is 1. The van der Waals surface area contributed by atoms with E-state index in [1.807, 2.05) is 44.2 Å². The Morgan fingerprint density at radius 2 is 1.82 bits per heavy atom. The molecule has 1 aliphatic heterocycles. The molecule has 140 valence electrons. The second-order valence-electron chi connectivity index (χ2n) is 6.49. The minimum Gasteiger partial charge on any atom is -0.457 e. The first-order valence-electron chi connectivity index (χ1n) is 8.64. The number of thioether (sulfide) groups is 1. The van der Waals surface area contributed by atoms with Gasteiger partial charge in [-0.15, -0.1) is 0 Å². The Morgan fingerprint density at radius 1 is 1.04 bits per heavy atom. The van der Waals surface area contributed by atoms with Gasteiger partial charge in [-0.05, 0) is 61.5 Å². The summed E-state index contributed by atoms with van der Waals surface area (Å²) in [6.45, 7) is 3.86. The highest BCUT2D eigenvalue weighted by Crippen LogP contribution is 2.38. The number of rotatable bonds is 3. The van der Waals surface area contributed by atoms with E-state index in [1.165, 1.54) is 4.90 Å². The van der Waals surface area contributed by atoms with Crippen molar-refractivity contribution in [2.75, 3.05) is 4.90 Å². The van der Waals surface area contributed by atoms with E-state index in [4.69, 9.17) is 16.0 Å². The van der Waals surface area contributed by atoms with Crippen molar-refractivity contribution in [3.63, 3.8) is 0 Å². The summed E-state index contributed by atoms with van der Waals surface area (Å²) in [5, 5.41) is 0.264. The topological polar surface area (TPSA) is 50.5 Å². The van der Waals surface area contributed by atoms with Gasteiger partial charge >= 0.3 is 0 Å². The molecule has 1 aliphatic rings. The zero-order chi connectivity index (χ0) is 19.8. The van der Waals surface area contributed by atoms with Crippen LogP contribution in [0.5, 0.6) is 0 Å². The number of benzene rings is 2. The van der Waals surface area contributed by atoms with Crippen LogP contribution < -0.4 is 4.90 Å². The van der Waals surface area contributed by atoms with Gasteiger partial charge in [-0.3, -0.25) is 9.59 Å². The van der Waals surface area contributed by atoms with Crippen molar-refractivity contribution in [2.24, 2.45) is 0 Å². The van der Waals surface area contributed by atoms with Crippen LogP contribution in [0.3, 0.4) is 0 Å². The van der Waals surface area contributed by atoms with Crippen LogP contribution in [0, 0.1) is 13.8 Å². The average molecular weight is 410 g/mol. The van der Waals surface area contributed by atoms with Crippen LogP contribution in [0.2, 0.25) is 5.02 Å². The fraction of sp³-hybridized carbons (Fsp3) is 0.0909. The molecule has 2 aromatic carbocycles. The Hall–Kier alpha value is -2.76. The van der Waals surface area contributed by atoms with E-state index in [9.17, 15) is 9.59 Å². The third-order valence-corrected chi connectivity index (χ3v) is 5.63. The van der Waals surface area contributed by atoms with Crippen molar-refractivity contribution in [2.45, 2.75) is 13.8 Å². The lowest BCUT2D eigenvalue weighted by Crippen LogP contribution is -2.28. The van der Waals surface area contributed by atoms with E-state index in [-0.39, 0.29) is 11.1 Å². The zero-order valence-electron chi connectivity index (χ0n) is 15.2. The van der Waals surface area contributed by atoms with Gasteiger partial charge in [-0.25, -0.2) is 4.90 Å². The van der Waals surface area contributed by atoms with E-state index in [1.54, 1.807) is 30.3 Å². The first kappa shape index (κ1) is 18.6. The molecule has 0 saturated carbocycles. The summed E-state index contributed by atoms with van der Waals surface area (Å²) >= 11 is 7.11. The van der Waals surface area contributed by atoms with Crippen molar-refractivity contribution in [3.8, 4) is 11.3 Å². The average Bonchev–Trinajstić information content (AvgIpc) is 3.21. The van der Waals surface area contributed by atoms with Gasteiger partial charge in [0, 0.05) is 11.6 Å². The number of aryl methyl sites for hydroxylation is 2. The Labute approximate surface area is 171 Å². The summed E-state index contributed by atoms with van der Waals surface area (Å²) in [5.41, 5.74) is 3.33. The Bertz CT molecular complexity index is 1130. The monoisotopic (exact) mass is 409 g/mol. The van der Waals surface area contributed by atoms with Crippen LogP contribution in [0.25, 0.3) is 17.4 Å². The third kappa shape index (κ3) is 3.39. The fourth-order valence-corrected chi connectivity index (χ4v) is 4.14. The van der Waals surface area contributed by atoms with Crippen molar-refractivity contribution in [3.05, 3.63) is 81.4 Å². The lowest BCUT2D eigenvalue weighted by molar-refractivity contribution is -0.113. The first-order chi connectivity index (χ1) is 13.4. The molecule has 3 aromatic rings. The van der Waals surface area contributed by atoms with Crippen molar-refractivity contribution in [1.82, 2.24) is 0 Å². The van der Waals surface area contributed by atoms with Crippen LogP contribution >= 0.6 is 23.4 Å². The van der Waals surface area contributed by atoms with Gasteiger partial charge in [0.05, 0.1) is 15.6 Å². The smallest absolute Gasteiger partial charge is 0.298 e. The predicted octanol–water partition coefficient (Wildman–Crippen LogP) is 6.46. The van der Waals surface area contributed by atoms with Crippen molar-refractivity contribution in [1.29, 1.82) is 0 Å². The quantitative estimate of drug-likeness (QED) is 0.466. The van der Waals surface area contributed by atoms with Gasteiger partial charge in [0.15, 0.2) is 0 Å². The molecule has 0 aliphatic carbocycles. The minimum absolute atomic E-state index is 0.318. The van der Waals surface area contributed by atoms with E-state index >= 15 is 0 Å².